The normalized spacial score (nSPS) is 17.6. The van der Waals surface area contributed by atoms with Crippen molar-refractivity contribution < 1.29 is 0 Å². The zero-order valence-electron chi connectivity index (χ0n) is 21.0. The van der Waals surface area contributed by atoms with Gasteiger partial charge in [0, 0.05) is 24.1 Å². The number of pyridine rings is 1. The molecule has 178 valence electrons. The third-order valence-electron chi connectivity index (χ3n) is 7.04. The summed E-state index contributed by atoms with van der Waals surface area (Å²) in [5.74, 6) is 0. The van der Waals surface area contributed by atoms with Crippen LogP contribution in [0.25, 0.3) is 5.69 Å². The molecule has 5 rings (SSSR count). The molecule has 1 fully saturated rings. The number of hydrogen-bond donors (Lipinski definition) is 1. The third-order valence-corrected chi connectivity index (χ3v) is 7.39. The topological polar surface area (TPSA) is 33.1 Å². The number of thiocarbonyl (C=S) groups is 1. The van der Waals surface area contributed by atoms with Gasteiger partial charge in [-0.25, -0.2) is 0 Å². The molecule has 5 heteroatoms. The molecule has 0 radical (unpaired) electrons. The SMILES string of the molecule is Cc1cc(C)c(-n2c(C)cc([C@@H]3[C@H](c4ccccn4)NC(=S)N3Cc3ccccc3)c2C)c(C)c1. The van der Waals surface area contributed by atoms with Crippen LogP contribution in [0.3, 0.4) is 0 Å². The van der Waals surface area contributed by atoms with Crippen molar-refractivity contribution in [1.29, 1.82) is 0 Å². The Morgan fingerprint density at radius 3 is 2.23 bits per heavy atom. The molecule has 1 aliphatic heterocycles. The molecular formula is C30H32N4S. The Morgan fingerprint density at radius 1 is 0.886 bits per heavy atom. The minimum absolute atomic E-state index is 0.0263. The molecule has 2 aromatic heterocycles. The van der Waals surface area contributed by atoms with Gasteiger partial charge >= 0.3 is 0 Å². The van der Waals surface area contributed by atoms with Gasteiger partial charge < -0.3 is 14.8 Å². The van der Waals surface area contributed by atoms with Gasteiger partial charge in [-0.05, 0) is 87.3 Å². The van der Waals surface area contributed by atoms with Crippen LogP contribution in [0.4, 0.5) is 0 Å². The number of aryl methyl sites for hydroxylation is 4. The predicted octanol–water partition coefficient (Wildman–Crippen LogP) is 6.59. The number of hydrogen-bond acceptors (Lipinski definition) is 2. The molecule has 0 saturated carbocycles. The molecule has 3 heterocycles. The summed E-state index contributed by atoms with van der Waals surface area (Å²) >= 11 is 5.91. The summed E-state index contributed by atoms with van der Waals surface area (Å²) in [5.41, 5.74) is 11.1. The average Bonchev–Trinajstić information content (AvgIpc) is 3.30. The van der Waals surface area contributed by atoms with E-state index >= 15 is 0 Å². The summed E-state index contributed by atoms with van der Waals surface area (Å²) in [6.45, 7) is 11.8. The highest BCUT2D eigenvalue weighted by atomic mass is 32.1. The van der Waals surface area contributed by atoms with Crippen LogP contribution in [0, 0.1) is 34.6 Å². The van der Waals surface area contributed by atoms with Crippen LogP contribution >= 0.6 is 12.2 Å². The van der Waals surface area contributed by atoms with Crippen LogP contribution in [-0.4, -0.2) is 19.6 Å². The summed E-state index contributed by atoms with van der Waals surface area (Å²) in [7, 11) is 0. The van der Waals surface area contributed by atoms with E-state index in [1.807, 2.05) is 18.3 Å². The standard InChI is InChI=1S/C30H32N4S/c1-19-15-20(2)28(21(3)16-19)34-22(4)17-25(23(34)5)29-27(26-13-9-10-14-31-26)32-30(35)33(29)18-24-11-7-6-8-12-24/h6-17,27,29H,18H2,1-5H3,(H,32,35)/t27-,29+/m0/s1. The molecule has 0 bridgehead atoms. The van der Waals surface area contributed by atoms with Gasteiger partial charge in [-0.15, -0.1) is 0 Å². The predicted molar refractivity (Wildman–Crippen MR) is 147 cm³/mol. The number of nitrogens with one attached hydrogen (secondary N) is 1. The Morgan fingerprint density at radius 2 is 1.57 bits per heavy atom. The first-order valence-electron chi connectivity index (χ1n) is 12.1. The molecule has 4 nitrogen and oxygen atoms in total. The highest BCUT2D eigenvalue weighted by Gasteiger charge is 2.41. The molecule has 0 aliphatic carbocycles. The maximum Gasteiger partial charge on any atom is 0.170 e. The lowest BCUT2D eigenvalue weighted by atomic mass is 9.96. The van der Waals surface area contributed by atoms with Gasteiger partial charge in [0.05, 0.1) is 23.5 Å². The van der Waals surface area contributed by atoms with Crippen molar-refractivity contribution in [3.05, 3.63) is 118 Å². The second kappa shape index (κ2) is 9.31. The van der Waals surface area contributed by atoms with Crippen molar-refractivity contribution in [3.8, 4) is 5.69 Å². The fraction of sp³-hybridized carbons (Fsp3) is 0.267. The maximum absolute atomic E-state index is 5.91. The Hall–Kier alpha value is -3.44. The number of benzene rings is 2. The van der Waals surface area contributed by atoms with Crippen molar-refractivity contribution in [3.63, 3.8) is 0 Å². The van der Waals surface area contributed by atoms with E-state index in [-0.39, 0.29) is 12.1 Å². The van der Waals surface area contributed by atoms with Crippen LogP contribution in [0.15, 0.2) is 72.9 Å². The van der Waals surface area contributed by atoms with Gasteiger partial charge in [-0.3, -0.25) is 4.98 Å². The van der Waals surface area contributed by atoms with E-state index in [0.29, 0.717) is 0 Å². The summed E-state index contributed by atoms with van der Waals surface area (Å²) in [4.78, 5) is 7.04. The molecule has 2 aromatic carbocycles. The largest absolute Gasteiger partial charge is 0.352 e. The summed E-state index contributed by atoms with van der Waals surface area (Å²) in [6.07, 6.45) is 1.86. The number of nitrogens with zero attached hydrogens (tertiary/aromatic N) is 3. The Labute approximate surface area is 213 Å². The highest BCUT2D eigenvalue weighted by molar-refractivity contribution is 7.80. The molecule has 2 atom stereocenters. The fourth-order valence-electron chi connectivity index (χ4n) is 5.65. The van der Waals surface area contributed by atoms with Gasteiger partial charge in [0.1, 0.15) is 0 Å². The van der Waals surface area contributed by atoms with Crippen LogP contribution in [0.5, 0.6) is 0 Å². The van der Waals surface area contributed by atoms with Crippen LogP contribution in [-0.2, 0) is 6.54 Å². The van der Waals surface area contributed by atoms with E-state index in [4.69, 9.17) is 17.2 Å². The van der Waals surface area contributed by atoms with Crippen molar-refractivity contribution in [2.24, 2.45) is 0 Å². The van der Waals surface area contributed by atoms with Gasteiger partial charge in [0.2, 0.25) is 0 Å². The smallest absolute Gasteiger partial charge is 0.170 e. The van der Waals surface area contributed by atoms with E-state index in [1.54, 1.807) is 0 Å². The van der Waals surface area contributed by atoms with Gasteiger partial charge in [-0.2, -0.15) is 0 Å². The zero-order valence-corrected chi connectivity index (χ0v) is 21.9. The Bertz CT molecular complexity index is 1350. The highest BCUT2D eigenvalue weighted by Crippen LogP contribution is 2.42. The van der Waals surface area contributed by atoms with Crippen LogP contribution in [0.2, 0.25) is 0 Å². The summed E-state index contributed by atoms with van der Waals surface area (Å²) in [6, 6.07) is 23.5. The van der Waals surface area contributed by atoms with Gasteiger partial charge in [0.25, 0.3) is 0 Å². The molecule has 4 aromatic rings. The van der Waals surface area contributed by atoms with Gasteiger partial charge in [0.15, 0.2) is 5.11 Å². The van der Waals surface area contributed by atoms with Crippen molar-refractivity contribution in [1.82, 2.24) is 19.8 Å². The Kier molecular flexibility index (Phi) is 6.20. The minimum Gasteiger partial charge on any atom is -0.352 e. The second-order valence-corrected chi connectivity index (χ2v) is 10.0. The zero-order chi connectivity index (χ0) is 24.7. The van der Waals surface area contributed by atoms with E-state index < -0.39 is 0 Å². The van der Waals surface area contributed by atoms with E-state index in [0.717, 1.165) is 17.4 Å². The van der Waals surface area contributed by atoms with Crippen molar-refractivity contribution in [2.45, 2.75) is 53.2 Å². The first-order chi connectivity index (χ1) is 16.8. The quantitative estimate of drug-likeness (QED) is 0.327. The Balaban J connectivity index is 1.65. The van der Waals surface area contributed by atoms with Crippen LogP contribution in [0.1, 0.15) is 57.0 Å². The lowest BCUT2D eigenvalue weighted by molar-refractivity contribution is 0.310. The molecule has 1 aliphatic rings. The maximum atomic E-state index is 5.91. The van der Waals surface area contributed by atoms with Crippen molar-refractivity contribution in [2.75, 3.05) is 0 Å². The number of aromatic nitrogens is 2. The fourth-order valence-corrected chi connectivity index (χ4v) is 5.96. The third kappa shape index (κ3) is 4.25. The lowest BCUT2D eigenvalue weighted by Crippen LogP contribution is -2.29. The van der Waals surface area contributed by atoms with Crippen LogP contribution < -0.4 is 5.32 Å². The molecule has 0 amide bonds. The first-order valence-corrected chi connectivity index (χ1v) is 12.5. The lowest BCUT2D eigenvalue weighted by Gasteiger charge is -2.28. The van der Waals surface area contributed by atoms with Gasteiger partial charge in [-0.1, -0.05) is 54.1 Å². The molecule has 1 N–H and O–H groups in total. The van der Waals surface area contributed by atoms with E-state index in [2.05, 4.69) is 104 Å². The second-order valence-electron chi connectivity index (χ2n) is 9.65. The first kappa shape index (κ1) is 23.3. The molecular weight excluding hydrogens is 448 g/mol. The van der Waals surface area contributed by atoms with Crippen molar-refractivity contribution >= 4 is 17.3 Å². The molecule has 35 heavy (non-hydrogen) atoms. The number of rotatable bonds is 5. The molecule has 1 saturated heterocycles. The average molecular weight is 481 g/mol. The minimum atomic E-state index is -0.0263. The monoisotopic (exact) mass is 480 g/mol. The molecule has 0 spiro atoms. The summed E-state index contributed by atoms with van der Waals surface area (Å²) in [5, 5.41) is 4.37. The van der Waals surface area contributed by atoms with E-state index in [9.17, 15) is 0 Å². The summed E-state index contributed by atoms with van der Waals surface area (Å²) < 4.78 is 2.41. The van der Waals surface area contributed by atoms with E-state index in [1.165, 1.54) is 44.9 Å². The molecule has 0 unspecified atom stereocenters.